The van der Waals surface area contributed by atoms with Gasteiger partial charge in [0.2, 0.25) is 0 Å². The van der Waals surface area contributed by atoms with Crippen LogP contribution in [-0.2, 0) is 16.6 Å². The molecule has 2 aliphatic carbocycles. The van der Waals surface area contributed by atoms with Gasteiger partial charge in [-0.05, 0) is 0 Å². The first kappa shape index (κ1) is 25.4. The molecule has 0 fully saturated rings. The van der Waals surface area contributed by atoms with Crippen molar-refractivity contribution in [1.82, 2.24) is 9.97 Å². The van der Waals surface area contributed by atoms with Crippen LogP contribution in [-0.4, -0.2) is 9.97 Å². The summed E-state index contributed by atoms with van der Waals surface area (Å²) >= 11 is -4.87. The third-order valence-corrected chi connectivity index (χ3v) is 15.9. The molecule has 0 saturated carbocycles. The molecule has 0 bridgehead atoms. The number of hydrogen-bond donors (Lipinski definition) is 0. The zero-order valence-electron chi connectivity index (χ0n) is 20.6. The molecular formula is C32H22F4N2Ti. The Morgan fingerprint density at radius 1 is 0.513 bits per heavy atom. The van der Waals surface area contributed by atoms with Gasteiger partial charge < -0.3 is 0 Å². The predicted octanol–water partition coefficient (Wildman–Crippen LogP) is 7.30. The molecule has 39 heavy (non-hydrogen) atoms. The van der Waals surface area contributed by atoms with Gasteiger partial charge >= 0.3 is 228 Å². The molecular weight excluding hydrogens is 536 g/mol. The molecule has 0 N–H and O–H groups in total. The van der Waals surface area contributed by atoms with Gasteiger partial charge in [-0.2, -0.15) is 0 Å². The number of halogens is 4. The average Bonchev–Trinajstić information content (AvgIpc) is 3.69. The Balaban J connectivity index is 1.75. The standard InChI is InChI=1S/2C11H6F2N.2C5H5.Ti/c2*12-8-4-5-9(10(13)7-8)11-3-1-2-6-14-11;2*1-2-4-5-3-1;/h2*1-6H;2*1-5H;. The molecule has 2 aromatic heterocycles. The van der Waals surface area contributed by atoms with Crippen LogP contribution in [0.1, 0.15) is 0 Å². The fourth-order valence-corrected chi connectivity index (χ4v) is 14.6. The van der Waals surface area contributed by atoms with Crippen molar-refractivity contribution in [2.75, 3.05) is 0 Å². The summed E-state index contributed by atoms with van der Waals surface area (Å²) in [7, 11) is 0. The summed E-state index contributed by atoms with van der Waals surface area (Å²) < 4.78 is 64.3. The van der Waals surface area contributed by atoms with E-state index in [0.29, 0.717) is 11.4 Å². The van der Waals surface area contributed by atoms with E-state index in [-0.39, 0.29) is 18.9 Å². The summed E-state index contributed by atoms with van der Waals surface area (Å²) in [5.74, 6) is -3.32. The van der Waals surface area contributed by atoms with E-state index in [2.05, 4.69) is 9.97 Å². The van der Waals surface area contributed by atoms with Gasteiger partial charge in [0.15, 0.2) is 0 Å². The van der Waals surface area contributed by atoms with Crippen LogP contribution < -0.4 is 7.74 Å². The normalized spacial score (nSPS) is 15.1. The molecule has 4 aromatic rings. The molecule has 2 aromatic carbocycles. The fraction of sp³-hybridized carbons (Fsp3) is 0.0625. The van der Waals surface area contributed by atoms with E-state index < -0.39 is 48.3 Å². The van der Waals surface area contributed by atoms with E-state index in [1.807, 2.05) is 0 Å². The van der Waals surface area contributed by atoms with Crippen molar-refractivity contribution >= 4 is 7.74 Å². The Morgan fingerprint density at radius 3 is 1.28 bits per heavy atom. The Hall–Kier alpha value is -3.87. The van der Waals surface area contributed by atoms with Gasteiger partial charge in [-0.15, -0.1) is 0 Å². The number of pyridine rings is 2. The van der Waals surface area contributed by atoms with Gasteiger partial charge in [-0.1, -0.05) is 0 Å². The van der Waals surface area contributed by atoms with Gasteiger partial charge in [0.05, 0.1) is 0 Å². The maximum absolute atomic E-state index is 16.8. The number of rotatable bonds is 6. The fourth-order valence-electron chi connectivity index (χ4n) is 5.79. The second-order valence-electron chi connectivity index (χ2n) is 9.46. The summed E-state index contributed by atoms with van der Waals surface area (Å²) in [6, 6.07) is 15.1. The number of benzene rings is 2. The molecule has 2 aliphatic rings. The van der Waals surface area contributed by atoms with Gasteiger partial charge in [0.1, 0.15) is 0 Å². The first-order valence-corrected chi connectivity index (χ1v) is 15.9. The maximum atomic E-state index is 16.8. The summed E-state index contributed by atoms with van der Waals surface area (Å²) in [5.41, 5.74) is 0.790. The van der Waals surface area contributed by atoms with Gasteiger partial charge in [0.25, 0.3) is 0 Å². The molecule has 2 heterocycles. The Kier molecular flexibility index (Phi) is 6.75. The predicted molar refractivity (Wildman–Crippen MR) is 143 cm³/mol. The van der Waals surface area contributed by atoms with Gasteiger partial charge in [-0.25, -0.2) is 0 Å². The SMILES string of the molecule is Fc1ccc(-c2ccccn2)c(F)[c]1[Ti]([c]1c(F)ccc(-c2ccccn2)c1F)([CH]1C=CC=C1)[CH]1C=CC=C1. The van der Waals surface area contributed by atoms with Crippen LogP contribution in [0, 0.1) is 23.3 Å². The Bertz CT molecular complexity index is 1510. The molecule has 0 unspecified atom stereocenters. The van der Waals surface area contributed by atoms with Gasteiger partial charge in [0, 0.05) is 0 Å². The molecule has 0 atom stereocenters. The van der Waals surface area contributed by atoms with Crippen molar-refractivity contribution < 1.29 is 34.2 Å². The molecule has 0 saturated heterocycles. The first-order valence-electron chi connectivity index (χ1n) is 12.5. The van der Waals surface area contributed by atoms with Crippen molar-refractivity contribution in [3.8, 4) is 22.5 Å². The second-order valence-corrected chi connectivity index (χ2v) is 15.8. The van der Waals surface area contributed by atoms with E-state index in [4.69, 9.17) is 0 Å². The molecule has 6 rings (SSSR count). The quantitative estimate of drug-likeness (QED) is 0.183. The third-order valence-electron chi connectivity index (χ3n) is 7.44. The van der Waals surface area contributed by atoms with E-state index in [0.717, 1.165) is 0 Å². The number of hydrogen-bond acceptors (Lipinski definition) is 2. The van der Waals surface area contributed by atoms with Crippen LogP contribution >= 0.6 is 0 Å². The van der Waals surface area contributed by atoms with Crippen LogP contribution in [0.3, 0.4) is 0 Å². The van der Waals surface area contributed by atoms with Gasteiger partial charge in [-0.3, -0.25) is 0 Å². The van der Waals surface area contributed by atoms with Crippen LogP contribution in [0.2, 0.25) is 8.45 Å². The molecule has 0 aliphatic heterocycles. The number of nitrogens with zero attached hydrogens (tertiary/aromatic N) is 2. The van der Waals surface area contributed by atoms with Crippen LogP contribution in [0.25, 0.3) is 22.5 Å². The van der Waals surface area contributed by atoms with E-state index in [1.54, 1.807) is 85.0 Å². The number of allylic oxidation sites excluding steroid dienone is 8. The summed E-state index contributed by atoms with van der Waals surface area (Å²) in [4.78, 5) is 8.53. The van der Waals surface area contributed by atoms with E-state index >= 15 is 17.6 Å². The first-order chi connectivity index (χ1) is 19.0. The van der Waals surface area contributed by atoms with Crippen molar-refractivity contribution in [3.05, 3.63) is 145 Å². The Morgan fingerprint density at radius 2 is 0.923 bits per heavy atom. The summed E-state index contributed by atoms with van der Waals surface area (Å²) in [6.07, 6.45) is 17.3. The van der Waals surface area contributed by atoms with Crippen LogP contribution in [0.15, 0.2) is 122 Å². The molecule has 0 spiro atoms. The van der Waals surface area contributed by atoms with Crippen LogP contribution in [0.4, 0.5) is 17.6 Å². The Labute approximate surface area is 227 Å². The van der Waals surface area contributed by atoms with E-state index in [1.165, 1.54) is 36.7 Å². The molecule has 192 valence electrons. The molecule has 0 radical (unpaired) electrons. The van der Waals surface area contributed by atoms with Crippen molar-refractivity contribution in [2.24, 2.45) is 0 Å². The minimum atomic E-state index is -4.87. The topological polar surface area (TPSA) is 25.8 Å². The molecule has 7 heteroatoms. The monoisotopic (exact) mass is 558 g/mol. The average molecular weight is 558 g/mol. The third kappa shape index (κ3) is 4.15. The minimum absolute atomic E-state index is 0.0839. The zero-order chi connectivity index (χ0) is 27.0. The summed E-state index contributed by atoms with van der Waals surface area (Å²) in [6.45, 7) is 0. The molecule has 0 amide bonds. The van der Waals surface area contributed by atoms with E-state index in [9.17, 15) is 0 Å². The van der Waals surface area contributed by atoms with Crippen molar-refractivity contribution in [2.45, 2.75) is 8.45 Å². The summed E-state index contributed by atoms with van der Waals surface area (Å²) in [5, 5.41) is 0. The number of aromatic nitrogens is 2. The second kappa shape index (κ2) is 10.4. The van der Waals surface area contributed by atoms with Crippen LogP contribution in [0.5, 0.6) is 0 Å². The van der Waals surface area contributed by atoms with Crippen molar-refractivity contribution in [1.29, 1.82) is 0 Å². The van der Waals surface area contributed by atoms with Crippen molar-refractivity contribution in [3.63, 3.8) is 0 Å². The molecule has 2 nitrogen and oxygen atoms in total. The zero-order valence-corrected chi connectivity index (χ0v) is 22.2.